The Kier molecular flexibility index (Phi) is 5.04. The normalized spacial score (nSPS) is 6.29. The zero-order chi connectivity index (χ0) is 5.15. The summed E-state index contributed by atoms with van der Waals surface area (Å²) in [4.78, 5) is 18.5. The standard InChI is InChI=1S/C2H3NO3.Cu/c3-1(4)2(5)6;/h(H2,3,4)(H,5,6);. The summed E-state index contributed by atoms with van der Waals surface area (Å²) in [5.74, 6) is -2.93. The fourth-order valence-corrected chi connectivity index (χ4v) is 0. The Morgan fingerprint density at radius 1 is 1.43 bits per heavy atom. The molecule has 0 aliphatic heterocycles. The van der Waals surface area contributed by atoms with Crippen LogP contribution in [0.3, 0.4) is 0 Å². The molecule has 0 saturated heterocycles. The molecule has 0 rings (SSSR count). The van der Waals surface area contributed by atoms with Crippen LogP contribution in [-0.4, -0.2) is 17.0 Å². The topological polar surface area (TPSA) is 80.4 Å². The van der Waals surface area contributed by atoms with Crippen molar-refractivity contribution in [1.29, 1.82) is 0 Å². The third kappa shape index (κ3) is 5.46. The van der Waals surface area contributed by atoms with Gasteiger partial charge in [0.2, 0.25) is 0 Å². The van der Waals surface area contributed by atoms with Gasteiger partial charge in [0.15, 0.2) is 0 Å². The van der Waals surface area contributed by atoms with E-state index in [1.807, 2.05) is 0 Å². The molecule has 1 amide bonds. The molecule has 0 aliphatic rings. The number of carbonyl (C=O) groups is 2. The molecule has 0 aromatic carbocycles. The molecule has 4 nitrogen and oxygen atoms in total. The van der Waals surface area contributed by atoms with Gasteiger partial charge < -0.3 is 10.8 Å². The maximum absolute atomic E-state index is 9.32. The summed E-state index contributed by atoms with van der Waals surface area (Å²) in [6.45, 7) is 0. The third-order valence-corrected chi connectivity index (χ3v) is 0.211. The third-order valence-electron chi connectivity index (χ3n) is 0.211. The van der Waals surface area contributed by atoms with Crippen LogP contribution in [0.1, 0.15) is 0 Å². The van der Waals surface area contributed by atoms with Crippen LogP contribution in [0.4, 0.5) is 0 Å². The molecule has 0 unspecified atom stereocenters. The van der Waals surface area contributed by atoms with E-state index in [4.69, 9.17) is 5.11 Å². The van der Waals surface area contributed by atoms with Crippen molar-refractivity contribution in [1.82, 2.24) is 0 Å². The van der Waals surface area contributed by atoms with Crippen LogP contribution in [0.2, 0.25) is 0 Å². The van der Waals surface area contributed by atoms with E-state index in [0.29, 0.717) is 0 Å². The molecular formula is C2H3CuNO3. The van der Waals surface area contributed by atoms with Crippen LogP contribution in [0.25, 0.3) is 0 Å². The Balaban J connectivity index is 0. The molecule has 0 bridgehead atoms. The first-order chi connectivity index (χ1) is 2.64. The van der Waals surface area contributed by atoms with Crippen LogP contribution in [-0.2, 0) is 26.7 Å². The second kappa shape index (κ2) is 3.64. The Morgan fingerprint density at radius 2 is 1.57 bits per heavy atom. The average Bonchev–Trinajstić information content (AvgIpc) is 1.36. The van der Waals surface area contributed by atoms with Crippen LogP contribution in [0.5, 0.6) is 0 Å². The van der Waals surface area contributed by atoms with Gasteiger partial charge in [-0.3, -0.25) is 4.79 Å². The predicted octanol–water partition coefficient (Wildman–Crippen LogP) is -1.45. The van der Waals surface area contributed by atoms with Crippen molar-refractivity contribution in [2.24, 2.45) is 5.73 Å². The zero-order valence-corrected chi connectivity index (χ0v) is 4.08. The Labute approximate surface area is 50.2 Å². The zero-order valence-electron chi connectivity index (χ0n) is 3.14. The van der Waals surface area contributed by atoms with Crippen molar-refractivity contribution in [2.45, 2.75) is 0 Å². The van der Waals surface area contributed by atoms with Gasteiger partial charge >= 0.3 is 11.9 Å². The van der Waals surface area contributed by atoms with E-state index in [-0.39, 0.29) is 17.1 Å². The number of carbonyl (C=O) groups excluding carboxylic acids is 1. The van der Waals surface area contributed by atoms with Crippen molar-refractivity contribution in [3.63, 3.8) is 0 Å². The van der Waals surface area contributed by atoms with Gasteiger partial charge in [0.05, 0.1) is 0 Å². The molecule has 0 heterocycles. The summed E-state index contributed by atoms with van der Waals surface area (Å²) >= 11 is 0. The molecule has 1 radical (unpaired) electrons. The molecule has 0 aromatic rings. The van der Waals surface area contributed by atoms with Crippen LogP contribution < -0.4 is 5.73 Å². The van der Waals surface area contributed by atoms with Crippen LogP contribution in [0, 0.1) is 0 Å². The van der Waals surface area contributed by atoms with Crippen molar-refractivity contribution in [2.75, 3.05) is 0 Å². The number of amides is 1. The summed E-state index contributed by atoms with van der Waals surface area (Å²) in [7, 11) is 0. The van der Waals surface area contributed by atoms with Gasteiger partial charge in [-0.25, -0.2) is 4.79 Å². The second-order valence-electron chi connectivity index (χ2n) is 0.669. The molecule has 7 heavy (non-hydrogen) atoms. The summed E-state index contributed by atoms with van der Waals surface area (Å²) < 4.78 is 0. The first-order valence-electron chi connectivity index (χ1n) is 1.17. The van der Waals surface area contributed by atoms with Gasteiger partial charge in [-0.1, -0.05) is 0 Å². The van der Waals surface area contributed by atoms with E-state index in [0.717, 1.165) is 0 Å². The Bertz CT molecular complexity index is 78.9. The smallest absolute Gasteiger partial charge is 0.394 e. The van der Waals surface area contributed by atoms with E-state index >= 15 is 0 Å². The molecule has 0 spiro atoms. The largest absolute Gasteiger partial charge is 0.474 e. The number of primary amides is 1. The number of aliphatic carboxylic acids is 1. The minimum atomic E-state index is -1.60. The van der Waals surface area contributed by atoms with Gasteiger partial charge in [-0.15, -0.1) is 0 Å². The van der Waals surface area contributed by atoms with Crippen molar-refractivity contribution in [3.8, 4) is 0 Å². The SMILES string of the molecule is NC(=O)C(=O)O.[Cu]. The molecule has 0 saturated carbocycles. The molecule has 0 atom stereocenters. The van der Waals surface area contributed by atoms with Gasteiger partial charge in [-0.05, 0) is 0 Å². The molecule has 0 aliphatic carbocycles. The van der Waals surface area contributed by atoms with E-state index in [1.165, 1.54) is 0 Å². The summed E-state index contributed by atoms with van der Waals surface area (Å²) in [5.41, 5.74) is 4.20. The second-order valence-corrected chi connectivity index (χ2v) is 0.669. The van der Waals surface area contributed by atoms with Gasteiger partial charge in [-0.2, -0.15) is 0 Å². The minimum Gasteiger partial charge on any atom is -0.474 e. The van der Waals surface area contributed by atoms with Crippen molar-refractivity contribution >= 4 is 11.9 Å². The van der Waals surface area contributed by atoms with E-state index in [2.05, 4.69) is 5.73 Å². The number of hydrogen-bond donors (Lipinski definition) is 2. The quantitative estimate of drug-likeness (QED) is 0.329. The minimum absolute atomic E-state index is 0. The Morgan fingerprint density at radius 3 is 1.57 bits per heavy atom. The molecule has 45 valence electrons. The number of carboxylic acid groups (broad SMARTS) is 1. The summed E-state index contributed by atoms with van der Waals surface area (Å²) in [5, 5.41) is 7.52. The molecule has 5 heteroatoms. The first-order valence-corrected chi connectivity index (χ1v) is 1.17. The van der Waals surface area contributed by atoms with E-state index in [9.17, 15) is 9.59 Å². The number of rotatable bonds is 0. The van der Waals surface area contributed by atoms with Gasteiger partial charge in [0, 0.05) is 17.1 Å². The van der Waals surface area contributed by atoms with Crippen LogP contribution >= 0.6 is 0 Å². The first kappa shape index (κ1) is 9.68. The number of nitrogens with two attached hydrogens (primary N) is 1. The number of carboxylic acids is 1. The maximum Gasteiger partial charge on any atom is 0.394 e. The fourth-order valence-electron chi connectivity index (χ4n) is 0. The summed E-state index contributed by atoms with van der Waals surface area (Å²) in [6.07, 6.45) is 0. The van der Waals surface area contributed by atoms with Gasteiger partial charge in [0.25, 0.3) is 0 Å². The maximum atomic E-state index is 9.32. The molecule has 0 fully saturated rings. The average molecular weight is 153 g/mol. The van der Waals surface area contributed by atoms with Gasteiger partial charge in [0.1, 0.15) is 0 Å². The molecular weight excluding hydrogens is 150 g/mol. The monoisotopic (exact) mass is 152 g/mol. The van der Waals surface area contributed by atoms with E-state index < -0.39 is 11.9 Å². The predicted molar refractivity (Wildman–Crippen MR) is 16.8 cm³/mol. The molecule has 3 N–H and O–H groups in total. The van der Waals surface area contributed by atoms with Crippen LogP contribution in [0.15, 0.2) is 0 Å². The Hall–Kier alpha value is -0.541. The van der Waals surface area contributed by atoms with E-state index in [1.54, 1.807) is 0 Å². The molecule has 0 aromatic heterocycles. The summed E-state index contributed by atoms with van der Waals surface area (Å²) in [6, 6.07) is 0. The fraction of sp³-hybridized carbons (Fsp3) is 0. The van der Waals surface area contributed by atoms with Crippen molar-refractivity contribution in [3.05, 3.63) is 0 Å². The number of hydrogen-bond acceptors (Lipinski definition) is 2. The van der Waals surface area contributed by atoms with Crippen molar-refractivity contribution < 1.29 is 31.8 Å².